The third-order valence-corrected chi connectivity index (χ3v) is 3.28. The standard InChI is InChI=1S/C13H14N2OS/c1-2-12(16)11-7-6-10(9-15-11)17-13-5-3-4-8-14-13/h3-9,12,16H,2H2,1H3. The van der Waals surface area contributed by atoms with Crippen molar-refractivity contribution >= 4 is 11.8 Å². The summed E-state index contributed by atoms with van der Waals surface area (Å²) in [4.78, 5) is 9.50. The SMILES string of the molecule is CCC(O)c1ccc(Sc2ccccn2)cn1. The van der Waals surface area contributed by atoms with Crippen molar-refractivity contribution in [2.75, 3.05) is 0 Å². The second kappa shape index (κ2) is 5.80. The van der Waals surface area contributed by atoms with Gasteiger partial charge in [-0.1, -0.05) is 24.8 Å². The molecule has 0 fully saturated rings. The molecule has 0 saturated carbocycles. The van der Waals surface area contributed by atoms with Crippen molar-refractivity contribution in [1.82, 2.24) is 9.97 Å². The van der Waals surface area contributed by atoms with Crippen molar-refractivity contribution in [2.24, 2.45) is 0 Å². The highest BCUT2D eigenvalue weighted by molar-refractivity contribution is 7.99. The van der Waals surface area contributed by atoms with Crippen LogP contribution in [0.25, 0.3) is 0 Å². The second-order valence-corrected chi connectivity index (χ2v) is 4.71. The molecule has 2 aromatic rings. The van der Waals surface area contributed by atoms with Crippen molar-refractivity contribution in [3.05, 3.63) is 48.4 Å². The third-order valence-electron chi connectivity index (χ3n) is 2.35. The summed E-state index contributed by atoms with van der Waals surface area (Å²) in [6, 6.07) is 9.63. The normalized spacial score (nSPS) is 12.4. The predicted octanol–water partition coefficient (Wildman–Crippen LogP) is 3.07. The van der Waals surface area contributed by atoms with Gasteiger partial charge in [0.15, 0.2) is 0 Å². The largest absolute Gasteiger partial charge is 0.387 e. The Bertz CT molecular complexity index is 459. The van der Waals surface area contributed by atoms with Crippen LogP contribution in [0, 0.1) is 0 Å². The molecule has 2 heterocycles. The highest BCUT2D eigenvalue weighted by Gasteiger charge is 2.06. The highest BCUT2D eigenvalue weighted by Crippen LogP contribution is 2.25. The molecule has 0 aliphatic carbocycles. The maximum atomic E-state index is 9.63. The van der Waals surface area contributed by atoms with E-state index in [0.29, 0.717) is 6.42 Å². The number of hydrogen-bond acceptors (Lipinski definition) is 4. The lowest BCUT2D eigenvalue weighted by Crippen LogP contribution is -1.97. The van der Waals surface area contributed by atoms with Crippen LogP contribution in [0.4, 0.5) is 0 Å². The summed E-state index contributed by atoms with van der Waals surface area (Å²) in [6.07, 6.45) is 3.75. The number of hydrogen-bond donors (Lipinski definition) is 1. The van der Waals surface area contributed by atoms with E-state index in [0.717, 1.165) is 15.6 Å². The first-order chi connectivity index (χ1) is 8.29. The van der Waals surface area contributed by atoms with Gasteiger partial charge in [0.1, 0.15) is 5.03 Å². The van der Waals surface area contributed by atoms with Gasteiger partial charge in [-0.25, -0.2) is 4.98 Å². The van der Waals surface area contributed by atoms with E-state index < -0.39 is 6.10 Å². The molecule has 17 heavy (non-hydrogen) atoms. The Morgan fingerprint density at radius 3 is 2.71 bits per heavy atom. The average Bonchev–Trinajstić information content (AvgIpc) is 2.40. The summed E-state index contributed by atoms with van der Waals surface area (Å²) in [5.41, 5.74) is 0.720. The zero-order valence-corrected chi connectivity index (χ0v) is 10.4. The fourth-order valence-corrected chi connectivity index (χ4v) is 2.13. The molecule has 0 saturated heterocycles. The smallest absolute Gasteiger partial charge is 0.101 e. The molecule has 0 spiro atoms. The molecule has 0 aromatic carbocycles. The number of nitrogens with zero attached hydrogens (tertiary/aromatic N) is 2. The first kappa shape index (κ1) is 12.1. The van der Waals surface area contributed by atoms with Gasteiger partial charge in [0.2, 0.25) is 0 Å². The fraction of sp³-hybridized carbons (Fsp3) is 0.231. The van der Waals surface area contributed by atoms with E-state index in [9.17, 15) is 5.11 Å². The number of aliphatic hydroxyl groups excluding tert-OH is 1. The Hall–Kier alpha value is -1.39. The van der Waals surface area contributed by atoms with E-state index in [1.54, 1.807) is 24.2 Å². The van der Waals surface area contributed by atoms with Crippen LogP contribution < -0.4 is 0 Å². The van der Waals surface area contributed by atoms with Crippen molar-refractivity contribution in [1.29, 1.82) is 0 Å². The van der Waals surface area contributed by atoms with Gasteiger partial charge in [-0.05, 0) is 30.7 Å². The van der Waals surface area contributed by atoms with Gasteiger partial charge in [0, 0.05) is 17.3 Å². The minimum Gasteiger partial charge on any atom is -0.387 e. The highest BCUT2D eigenvalue weighted by atomic mass is 32.2. The van der Waals surface area contributed by atoms with Crippen LogP contribution in [-0.4, -0.2) is 15.1 Å². The van der Waals surface area contributed by atoms with Gasteiger partial charge in [0.05, 0.1) is 11.8 Å². The zero-order chi connectivity index (χ0) is 12.1. The Balaban J connectivity index is 2.08. The molecule has 0 aliphatic heterocycles. The molecule has 2 aromatic heterocycles. The number of aliphatic hydroxyl groups is 1. The van der Waals surface area contributed by atoms with Crippen molar-refractivity contribution < 1.29 is 5.11 Å². The number of pyridine rings is 2. The van der Waals surface area contributed by atoms with Crippen LogP contribution in [0.1, 0.15) is 25.1 Å². The van der Waals surface area contributed by atoms with E-state index in [2.05, 4.69) is 9.97 Å². The van der Waals surface area contributed by atoms with E-state index in [1.807, 2.05) is 37.3 Å². The lowest BCUT2D eigenvalue weighted by atomic mass is 10.2. The minimum atomic E-state index is -0.469. The second-order valence-electron chi connectivity index (χ2n) is 3.61. The monoisotopic (exact) mass is 246 g/mol. The van der Waals surface area contributed by atoms with Gasteiger partial charge in [-0.15, -0.1) is 0 Å². The minimum absolute atomic E-state index is 0.469. The molecular weight excluding hydrogens is 232 g/mol. The number of rotatable bonds is 4. The van der Waals surface area contributed by atoms with Gasteiger partial charge in [-0.2, -0.15) is 0 Å². The van der Waals surface area contributed by atoms with E-state index in [4.69, 9.17) is 0 Å². The maximum Gasteiger partial charge on any atom is 0.101 e. The first-order valence-corrected chi connectivity index (χ1v) is 6.34. The molecule has 0 aliphatic rings. The summed E-state index contributed by atoms with van der Waals surface area (Å²) in [5.74, 6) is 0. The van der Waals surface area contributed by atoms with Gasteiger partial charge in [0.25, 0.3) is 0 Å². The maximum absolute atomic E-state index is 9.63. The molecule has 2 rings (SSSR count). The molecule has 1 unspecified atom stereocenters. The lowest BCUT2D eigenvalue weighted by molar-refractivity contribution is 0.169. The molecular formula is C13H14N2OS. The summed E-state index contributed by atoms with van der Waals surface area (Å²) >= 11 is 1.56. The van der Waals surface area contributed by atoms with Gasteiger partial charge < -0.3 is 5.11 Å². The van der Waals surface area contributed by atoms with Crippen LogP contribution in [0.15, 0.2) is 52.6 Å². The molecule has 0 radical (unpaired) electrons. The summed E-state index contributed by atoms with van der Waals surface area (Å²) in [5, 5.41) is 10.6. The van der Waals surface area contributed by atoms with Crippen LogP contribution >= 0.6 is 11.8 Å². The van der Waals surface area contributed by atoms with Crippen molar-refractivity contribution in [3.63, 3.8) is 0 Å². The average molecular weight is 246 g/mol. The Morgan fingerprint density at radius 1 is 1.24 bits per heavy atom. The molecule has 0 amide bonds. The molecule has 3 nitrogen and oxygen atoms in total. The first-order valence-electron chi connectivity index (χ1n) is 5.52. The van der Waals surface area contributed by atoms with Crippen molar-refractivity contribution in [3.8, 4) is 0 Å². The zero-order valence-electron chi connectivity index (χ0n) is 9.58. The van der Waals surface area contributed by atoms with Gasteiger partial charge in [-0.3, -0.25) is 4.98 Å². The van der Waals surface area contributed by atoms with Crippen LogP contribution in [0.5, 0.6) is 0 Å². The van der Waals surface area contributed by atoms with Crippen LogP contribution in [0.3, 0.4) is 0 Å². The summed E-state index contributed by atoms with van der Waals surface area (Å²) in [7, 11) is 0. The predicted molar refractivity (Wildman–Crippen MR) is 67.8 cm³/mol. The Labute approximate surface area is 105 Å². The van der Waals surface area contributed by atoms with Crippen LogP contribution in [-0.2, 0) is 0 Å². The van der Waals surface area contributed by atoms with Gasteiger partial charge >= 0.3 is 0 Å². The molecule has 88 valence electrons. The van der Waals surface area contributed by atoms with E-state index in [1.165, 1.54) is 0 Å². The Kier molecular flexibility index (Phi) is 4.12. The van der Waals surface area contributed by atoms with Crippen molar-refractivity contribution in [2.45, 2.75) is 29.4 Å². The number of aromatic nitrogens is 2. The van der Waals surface area contributed by atoms with E-state index in [-0.39, 0.29) is 0 Å². The quantitative estimate of drug-likeness (QED) is 0.900. The third kappa shape index (κ3) is 3.28. The lowest BCUT2D eigenvalue weighted by Gasteiger charge is -2.07. The molecule has 1 atom stereocenters. The summed E-state index contributed by atoms with van der Waals surface area (Å²) in [6.45, 7) is 1.93. The summed E-state index contributed by atoms with van der Waals surface area (Å²) < 4.78 is 0. The van der Waals surface area contributed by atoms with Crippen LogP contribution in [0.2, 0.25) is 0 Å². The topological polar surface area (TPSA) is 46.0 Å². The molecule has 1 N–H and O–H groups in total. The fourth-order valence-electron chi connectivity index (χ4n) is 1.39. The molecule has 4 heteroatoms. The Morgan fingerprint density at radius 2 is 2.12 bits per heavy atom. The van der Waals surface area contributed by atoms with E-state index >= 15 is 0 Å². The molecule has 0 bridgehead atoms.